The summed E-state index contributed by atoms with van der Waals surface area (Å²) in [6, 6.07) is 7.76. The highest BCUT2D eigenvalue weighted by Crippen LogP contribution is 2.27. The Labute approximate surface area is 178 Å². The molecule has 2 aromatic rings. The molecular formula is C22H31N5OS. The van der Waals surface area contributed by atoms with Crippen LogP contribution in [0.3, 0.4) is 0 Å². The normalized spacial score (nSPS) is 14.8. The number of carbonyl (C=O) groups excluding carboxylic acids is 1. The molecule has 0 saturated carbocycles. The summed E-state index contributed by atoms with van der Waals surface area (Å²) in [4.78, 5) is 26.3. The fourth-order valence-electron chi connectivity index (χ4n) is 3.40. The summed E-state index contributed by atoms with van der Waals surface area (Å²) in [7, 11) is 0. The van der Waals surface area contributed by atoms with Gasteiger partial charge in [0.1, 0.15) is 5.82 Å². The van der Waals surface area contributed by atoms with Gasteiger partial charge < -0.3 is 15.1 Å². The van der Waals surface area contributed by atoms with Gasteiger partial charge in [0.15, 0.2) is 5.16 Å². The summed E-state index contributed by atoms with van der Waals surface area (Å²) in [5, 5.41) is 3.64. The zero-order valence-corrected chi connectivity index (χ0v) is 18.7. The third-order valence-electron chi connectivity index (χ3n) is 5.38. The molecule has 1 saturated heterocycles. The van der Waals surface area contributed by atoms with E-state index in [1.54, 1.807) is 11.8 Å². The van der Waals surface area contributed by atoms with E-state index in [2.05, 4.69) is 35.9 Å². The molecule has 7 heteroatoms. The molecule has 0 bridgehead atoms. The van der Waals surface area contributed by atoms with Gasteiger partial charge in [-0.05, 0) is 45.0 Å². The quantitative estimate of drug-likeness (QED) is 0.555. The Hall–Kier alpha value is -2.12. The molecule has 1 N–H and O–H groups in total. The maximum atomic E-state index is 11.9. The van der Waals surface area contributed by atoms with Gasteiger partial charge in [0, 0.05) is 55.3 Å². The summed E-state index contributed by atoms with van der Waals surface area (Å²) in [5.74, 6) is 1.82. The number of piperazine rings is 1. The van der Waals surface area contributed by atoms with Gasteiger partial charge in [0.2, 0.25) is 0 Å². The number of anilines is 1. The van der Waals surface area contributed by atoms with E-state index in [1.807, 2.05) is 31.2 Å². The lowest BCUT2D eigenvalue weighted by Gasteiger charge is -2.35. The fraction of sp³-hybridized carbons (Fsp3) is 0.500. The van der Waals surface area contributed by atoms with Crippen molar-refractivity contribution in [2.24, 2.45) is 0 Å². The Bertz CT molecular complexity index is 832. The minimum Gasteiger partial charge on any atom is -0.354 e. The smallest absolute Gasteiger partial charge is 0.251 e. The van der Waals surface area contributed by atoms with Gasteiger partial charge in [-0.1, -0.05) is 30.8 Å². The number of rotatable bonds is 7. The monoisotopic (exact) mass is 413 g/mol. The van der Waals surface area contributed by atoms with Crippen LogP contribution in [0, 0.1) is 13.8 Å². The van der Waals surface area contributed by atoms with Crippen LogP contribution in [0.1, 0.15) is 41.0 Å². The highest BCUT2D eigenvalue weighted by atomic mass is 32.2. The van der Waals surface area contributed by atoms with Crippen molar-refractivity contribution in [1.29, 1.82) is 0 Å². The first-order chi connectivity index (χ1) is 14.0. The van der Waals surface area contributed by atoms with Gasteiger partial charge in [-0.3, -0.25) is 4.79 Å². The van der Waals surface area contributed by atoms with Crippen LogP contribution in [0.25, 0.3) is 0 Å². The van der Waals surface area contributed by atoms with Crippen molar-refractivity contribution >= 4 is 23.5 Å². The summed E-state index contributed by atoms with van der Waals surface area (Å²) in [6.07, 6.45) is 0. The molecule has 2 heterocycles. The molecule has 0 aliphatic carbocycles. The SMILES string of the molecule is CCNC(=O)c1ccc(CSc2nc(C)c(C)c(N3CCN(CC)CC3)n2)cc1. The number of aromatic nitrogens is 2. The minimum absolute atomic E-state index is 0.0305. The molecule has 6 nitrogen and oxygen atoms in total. The Kier molecular flexibility index (Phi) is 7.50. The molecule has 0 spiro atoms. The van der Waals surface area contributed by atoms with Gasteiger partial charge in [-0.25, -0.2) is 9.97 Å². The molecule has 1 aliphatic rings. The molecule has 1 fully saturated rings. The van der Waals surface area contributed by atoms with Crippen molar-refractivity contribution in [3.05, 3.63) is 46.6 Å². The van der Waals surface area contributed by atoms with Crippen LogP contribution < -0.4 is 10.2 Å². The molecule has 1 aliphatic heterocycles. The predicted octanol–water partition coefficient (Wildman–Crippen LogP) is 3.28. The molecular weight excluding hydrogens is 382 g/mol. The maximum Gasteiger partial charge on any atom is 0.251 e. The Balaban J connectivity index is 1.67. The van der Waals surface area contributed by atoms with Crippen molar-refractivity contribution in [3.63, 3.8) is 0 Å². The second-order valence-corrected chi connectivity index (χ2v) is 8.25. The van der Waals surface area contributed by atoms with Crippen LogP contribution in [-0.2, 0) is 5.75 Å². The number of nitrogens with one attached hydrogen (secondary N) is 1. The number of benzene rings is 1. The number of aryl methyl sites for hydroxylation is 1. The first-order valence-electron chi connectivity index (χ1n) is 10.3. The molecule has 1 aromatic carbocycles. The van der Waals surface area contributed by atoms with Crippen LogP contribution in [-0.4, -0.2) is 60.0 Å². The summed E-state index contributed by atoms with van der Waals surface area (Å²) < 4.78 is 0. The number of carbonyl (C=O) groups is 1. The van der Waals surface area contributed by atoms with E-state index in [9.17, 15) is 4.79 Å². The number of hydrogen-bond donors (Lipinski definition) is 1. The lowest BCUT2D eigenvalue weighted by Crippen LogP contribution is -2.46. The number of thioether (sulfide) groups is 1. The van der Waals surface area contributed by atoms with Crippen LogP contribution >= 0.6 is 11.8 Å². The van der Waals surface area contributed by atoms with Crippen LogP contribution in [0.2, 0.25) is 0 Å². The fourth-order valence-corrected chi connectivity index (χ4v) is 4.24. The molecule has 0 radical (unpaired) electrons. The lowest BCUT2D eigenvalue weighted by molar-refractivity contribution is 0.0956. The van der Waals surface area contributed by atoms with E-state index in [-0.39, 0.29) is 5.91 Å². The van der Waals surface area contributed by atoms with E-state index in [0.29, 0.717) is 12.1 Å². The summed E-state index contributed by atoms with van der Waals surface area (Å²) >= 11 is 1.64. The number of hydrogen-bond acceptors (Lipinski definition) is 6. The molecule has 0 unspecified atom stereocenters. The second kappa shape index (κ2) is 10.1. The van der Waals surface area contributed by atoms with E-state index in [4.69, 9.17) is 9.97 Å². The maximum absolute atomic E-state index is 11.9. The zero-order chi connectivity index (χ0) is 20.8. The Morgan fingerprint density at radius 1 is 1.07 bits per heavy atom. The standard InChI is InChI=1S/C22H31N5OS/c1-5-23-21(28)19-9-7-18(8-10-19)15-29-22-24-17(4)16(3)20(25-22)27-13-11-26(6-2)12-14-27/h7-10H,5-6,11-15H2,1-4H3,(H,23,28). The lowest BCUT2D eigenvalue weighted by atomic mass is 10.1. The van der Waals surface area contributed by atoms with Crippen LogP contribution in [0.4, 0.5) is 5.82 Å². The third kappa shape index (κ3) is 5.48. The zero-order valence-electron chi connectivity index (χ0n) is 17.9. The second-order valence-electron chi connectivity index (χ2n) is 7.31. The molecule has 156 valence electrons. The average molecular weight is 414 g/mol. The number of amides is 1. The largest absolute Gasteiger partial charge is 0.354 e. The third-order valence-corrected chi connectivity index (χ3v) is 6.30. The Morgan fingerprint density at radius 2 is 1.76 bits per heavy atom. The predicted molar refractivity (Wildman–Crippen MR) is 120 cm³/mol. The first-order valence-corrected chi connectivity index (χ1v) is 11.3. The summed E-state index contributed by atoms with van der Waals surface area (Å²) in [6.45, 7) is 14.2. The average Bonchev–Trinajstić information content (AvgIpc) is 2.75. The summed E-state index contributed by atoms with van der Waals surface area (Å²) in [5.41, 5.74) is 4.06. The van der Waals surface area contributed by atoms with Gasteiger partial charge in [0.25, 0.3) is 5.91 Å². The first kappa shape index (κ1) is 21.6. The molecule has 1 amide bonds. The van der Waals surface area contributed by atoms with E-state index >= 15 is 0 Å². The number of nitrogens with zero attached hydrogens (tertiary/aromatic N) is 4. The van der Waals surface area contributed by atoms with Gasteiger partial charge in [0.05, 0.1) is 0 Å². The van der Waals surface area contributed by atoms with Crippen LogP contribution in [0.5, 0.6) is 0 Å². The highest BCUT2D eigenvalue weighted by Gasteiger charge is 2.20. The van der Waals surface area contributed by atoms with Gasteiger partial charge in [-0.15, -0.1) is 0 Å². The Morgan fingerprint density at radius 3 is 2.38 bits per heavy atom. The van der Waals surface area contributed by atoms with E-state index in [0.717, 1.165) is 60.7 Å². The van der Waals surface area contributed by atoms with Crippen molar-refractivity contribution in [2.75, 3.05) is 44.2 Å². The molecule has 0 atom stereocenters. The van der Waals surface area contributed by atoms with Crippen LogP contribution in [0.15, 0.2) is 29.4 Å². The van der Waals surface area contributed by atoms with E-state index < -0.39 is 0 Å². The number of likely N-dealkylation sites (N-methyl/N-ethyl adjacent to an activating group) is 1. The highest BCUT2D eigenvalue weighted by molar-refractivity contribution is 7.98. The van der Waals surface area contributed by atoms with E-state index in [1.165, 1.54) is 5.56 Å². The minimum atomic E-state index is -0.0305. The van der Waals surface area contributed by atoms with Gasteiger partial charge in [-0.2, -0.15) is 0 Å². The van der Waals surface area contributed by atoms with Crippen molar-refractivity contribution < 1.29 is 4.79 Å². The molecule has 1 aromatic heterocycles. The van der Waals surface area contributed by atoms with Crippen molar-refractivity contribution in [2.45, 2.75) is 38.6 Å². The van der Waals surface area contributed by atoms with Gasteiger partial charge >= 0.3 is 0 Å². The topological polar surface area (TPSA) is 61.4 Å². The van der Waals surface area contributed by atoms with Crippen molar-refractivity contribution in [3.8, 4) is 0 Å². The molecule has 3 rings (SSSR count). The van der Waals surface area contributed by atoms with Crippen molar-refractivity contribution in [1.82, 2.24) is 20.2 Å². The molecule has 29 heavy (non-hydrogen) atoms.